The summed E-state index contributed by atoms with van der Waals surface area (Å²) in [5.41, 5.74) is 1.60. The van der Waals surface area contributed by atoms with Crippen molar-refractivity contribution in [3.8, 4) is 0 Å². The Hall–Kier alpha value is -2.08. The molecule has 0 aromatic heterocycles. The van der Waals surface area contributed by atoms with Gasteiger partial charge in [0.15, 0.2) is 0 Å². The molecule has 0 aliphatic rings. The minimum Gasteiger partial charge on any atom is -0.480 e. The highest BCUT2D eigenvalue weighted by Crippen LogP contribution is 2.15. The van der Waals surface area contributed by atoms with Crippen molar-refractivity contribution >= 4 is 17.7 Å². The van der Waals surface area contributed by atoms with Crippen LogP contribution < -0.4 is 16.0 Å². The summed E-state index contributed by atoms with van der Waals surface area (Å²) < 4.78 is 0. The first-order valence-electron chi connectivity index (χ1n) is 7.02. The van der Waals surface area contributed by atoms with Crippen molar-refractivity contribution in [1.29, 1.82) is 0 Å². The van der Waals surface area contributed by atoms with E-state index in [0.717, 1.165) is 5.56 Å². The minimum atomic E-state index is -1.02. The quantitative estimate of drug-likeness (QED) is 0.619. The first-order chi connectivity index (χ1) is 9.99. The number of anilines is 1. The third kappa shape index (κ3) is 5.07. The van der Waals surface area contributed by atoms with E-state index in [1.807, 2.05) is 32.2 Å². The standard InChI is InChI=1S/C15H23N3O3/c1-4-10(2)13(14(19)20)18-15(21)17-12-8-6-5-7-11(12)9-16-3/h5-8,10,13,16H,4,9H2,1-3H3,(H,19,20)(H2,17,18,21). The monoisotopic (exact) mass is 293 g/mol. The van der Waals surface area contributed by atoms with Gasteiger partial charge >= 0.3 is 12.0 Å². The fourth-order valence-electron chi connectivity index (χ4n) is 1.97. The average molecular weight is 293 g/mol. The lowest BCUT2D eigenvalue weighted by molar-refractivity contribution is -0.140. The van der Waals surface area contributed by atoms with E-state index < -0.39 is 18.0 Å². The van der Waals surface area contributed by atoms with Crippen molar-refractivity contribution in [2.24, 2.45) is 5.92 Å². The summed E-state index contributed by atoms with van der Waals surface area (Å²) >= 11 is 0. The Morgan fingerprint density at radius 1 is 1.29 bits per heavy atom. The molecule has 2 unspecified atom stereocenters. The number of benzene rings is 1. The van der Waals surface area contributed by atoms with Gasteiger partial charge in [-0.25, -0.2) is 9.59 Å². The van der Waals surface area contributed by atoms with Crippen LogP contribution in [-0.2, 0) is 11.3 Å². The van der Waals surface area contributed by atoms with E-state index in [-0.39, 0.29) is 5.92 Å². The van der Waals surface area contributed by atoms with Gasteiger partial charge in [-0.05, 0) is 24.6 Å². The summed E-state index contributed by atoms with van der Waals surface area (Å²) in [5, 5.41) is 17.4. The third-order valence-electron chi connectivity index (χ3n) is 3.40. The molecule has 0 saturated heterocycles. The molecule has 4 N–H and O–H groups in total. The molecule has 0 aliphatic carbocycles. The molecule has 0 spiro atoms. The van der Waals surface area contributed by atoms with Crippen LogP contribution in [0.2, 0.25) is 0 Å². The number of carbonyl (C=O) groups is 2. The van der Waals surface area contributed by atoms with Crippen LogP contribution in [0.3, 0.4) is 0 Å². The summed E-state index contributed by atoms with van der Waals surface area (Å²) in [4.78, 5) is 23.2. The molecule has 0 bridgehead atoms. The molecule has 0 radical (unpaired) electrons. The van der Waals surface area contributed by atoms with Gasteiger partial charge in [0.1, 0.15) is 6.04 Å². The zero-order valence-electron chi connectivity index (χ0n) is 12.6. The molecule has 0 fully saturated rings. The number of carboxylic acid groups (broad SMARTS) is 1. The molecule has 6 heteroatoms. The van der Waals surface area contributed by atoms with Crippen LogP contribution in [0.15, 0.2) is 24.3 Å². The Morgan fingerprint density at radius 3 is 2.52 bits per heavy atom. The molecule has 21 heavy (non-hydrogen) atoms. The van der Waals surface area contributed by atoms with E-state index in [1.54, 1.807) is 13.0 Å². The van der Waals surface area contributed by atoms with Crippen molar-refractivity contribution in [3.05, 3.63) is 29.8 Å². The molecule has 116 valence electrons. The molecule has 0 saturated carbocycles. The zero-order valence-corrected chi connectivity index (χ0v) is 12.6. The second kappa shape index (κ2) is 8.26. The van der Waals surface area contributed by atoms with Gasteiger partial charge < -0.3 is 21.1 Å². The van der Waals surface area contributed by atoms with Crippen LogP contribution >= 0.6 is 0 Å². The van der Waals surface area contributed by atoms with Gasteiger partial charge in [-0.2, -0.15) is 0 Å². The van der Waals surface area contributed by atoms with Crippen LogP contribution in [-0.4, -0.2) is 30.2 Å². The normalized spacial score (nSPS) is 13.3. The van der Waals surface area contributed by atoms with E-state index in [0.29, 0.717) is 18.7 Å². The smallest absolute Gasteiger partial charge is 0.326 e. The number of para-hydroxylation sites is 1. The van der Waals surface area contributed by atoms with Crippen LogP contribution in [0.5, 0.6) is 0 Å². The fourth-order valence-corrected chi connectivity index (χ4v) is 1.97. The second-order valence-electron chi connectivity index (χ2n) is 4.99. The van der Waals surface area contributed by atoms with Crippen LogP contribution in [0.1, 0.15) is 25.8 Å². The molecular weight excluding hydrogens is 270 g/mol. The summed E-state index contributed by atoms with van der Waals surface area (Å²) in [5.74, 6) is -1.16. The van der Waals surface area contributed by atoms with Gasteiger partial charge in [-0.15, -0.1) is 0 Å². The van der Waals surface area contributed by atoms with E-state index in [9.17, 15) is 14.7 Å². The van der Waals surface area contributed by atoms with E-state index in [4.69, 9.17) is 0 Å². The average Bonchev–Trinajstić information content (AvgIpc) is 2.46. The van der Waals surface area contributed by atoms with Crippen molar-refractivity contribution < 1.29 is 14.7 Å². The maximum Gasteiger partial charge on any atom is 0.326 e. The highest BCUT2D eigenvalue weighted by Gasteiger charge is 2.25. The molecule has 1 rings (SSSR count). The number of carboxylic acids is 1. The topological polar surface area (TPSA) is 90.5 Å². The minimum absolute atomic E-state index is 0.138. The Bertz CT molecular complexity index is 491. The van der Waals surface area contributed by atoms with Gasteiger partial charge in [0.25, 0.3) is 0 Å². The van der Waals surface area contributed by atoms with Crippen molar-refractivity contribution in [1.82, 2.24) is 10.6 Å². The highest BCUT2D eigenvalue weighted by atomic mass is 16.4. The van der Waals surface area contributed by atoms with E-state index in [2.05, 4.69) is 16.0 Å². The van der Waals surface area contributed by atoms with Crippen molar-refractivity contribution in [2.45, 2.75) is 32.9 Å². The Kier molecular flexibility index (Phi) is 6.68. The molecule has 1 aromatic rings. The Labute approximate surface area is 124 Å². The summed E-state index contributed by atoms with van der Waals surface area (Å²) in [6, 6.07) is 5.98. The van der Waals surface area contributed by atoms with Crippen LogP contribution in [0, 0.1) is 5.92 Å². The lowest BCUT2D eigenvalue weighted by atomic mass is 9.99. The maximum atomic E-state index is 12.0. The number of hydrogen-bond donors (Lipinski definition) is 4. The van der Waals surface area contributed by atoms with E-state index >= 15 is 0 Å². The first kappa shape index (κ1) is 17.0. The first-order valence-corrected chi connectivity index (χ1v) is 7.02. The number of rotatable bonds is 7. The van der Waals surface area contributed by atoms with Gasteiger partial charge in [0.05, 0.1) is 0 Å². The SMILES string of the molecule is CCC(C)C(NC(=O)Nc1ccccc1CNC)C(=O)O. The maximum absolute atomic E-state index is 12.0. The Morgan fingerprint density at radius 2 is 1.95 bits per heavy atom. The van der Waals surface area contributed by atoms with Gasteiger partial charge in [-0.1, -0.05) is 38.5 Å². The Balaban J connectivity index is 2.74. The van der Waals surface area contributed by atoms with E-state index in [1.165, 1.54) is 0 Å². The van der Waals surface area contributed by atoms with Gasteiger partial charge in [-0.3, -0.25) is 0 Å². The number of amides is 2. The van der Waals surface area contributed by atoms with Gasteiger partial charge in [0, 0.05) is 12.2 Å². The molecule has 0 heterocycles. The number of urea groups is 1. The predicted octanol–water partition coefficient (Wildman–Crippen LogP) is 2.03. The molecule has 1 aromatic carbocycles. The lowest BCUT2D eigenvalue weighted by Crippen LogP contribution is -2.46. The zero-order chi connectivity index (χ0) is 15.8. The second-order valence-corrected chi connectivity index (χ2v) is 4.99. The van der Waals surface area contributed by atoms with Crippen molar-refractivity contribution in [2.75, 3.05) is 12.4 Å². The summed E-state index contributed by atoms with van der Waals surface area (Å²) in [6.45, 7) is 4.31. The largest absolute Gasteiger partial charge is 0.480 e. The van der Waals surface area contributed by atoms with Crippen LogP contribution in [0.4, 0.5) is 10.5 Å². The van der Waals surface area contributed by atoms with Crippen LogP contribution in [0.25, 0.3) is 0 Å². The summed E-state index contributed by atoms with van der Waals surface area (Å²) in [7, 11) is 1.82. The lowest BCUT2D eigenvalue weighted by Gasteiger charge is -2.21. The molecule has 2 amide bonds. The number of hydrogen-bond acceptors (Lipinski definition) is 3. The number of carbonyl (C=O) groups excluding carboxylic acids is 1. The predicted molar refractivity (Wildman–Crippen MR) is 82.2 cm³/mol. The molecule has 2 atom stereocenters. The fraction of sp³-hybridized carbons (Fsp3) is 0.467. The summed E-state index contributed by atoms with van der Waals surface area (Å²) in [6.07, 6.45) is 0.674. The van der Waals surface area contributed by atoms with Crippen molar-refractivity contribution in [3.63, 3.8) is 0 Å². The van der Waals surface area contributed by atoms with Gasteiger partial charge in [0.2, 0.25) is 0 Å². The number of nitrogens with one attached hydrogen (secondary N) is 3. The number of aliphatic carboxylic acids is 1. The third-order valence-corrected chi connectivity index (χ3v) is 3.40. The molecule has 0 aliphatic heterocycles. The molecule has 6 nitrogen and oxygen atoms in total. The molecular formula is C15H23N3O3. The highest BCUT2D eigenvalue weighted by molar-refractivity contribution is 5.92.